The fourth-order valence-electron chi connectivity index (χ4n) is 2.02. The minimum absolute atomic E-state index is 0.0138. The van der Waals surface area contributed by atoms with Crippen LogP contribution in [0, 0.1) is 6.92 Å². The third kappa shape index (κ3) is 3.48. The summed E-state index contributed by atoms with van der Waals surface area (Å²) in [5.74, 6) is 0.832. The van der Waals surface area contributed by atoms with Gasteiger partial charge in [0, 0.05) is 18.3 Å². The van der Waals surface area contributed by atoms with Crippen LogP contribution in [0.2, 0.25) is 0 Å². The topological polar surface area (TPSA) is 57.2 Å². The van der Waals surface area contributed by atoms with Gasteiger partial charge in [-0.25, -0.2) is 0 Å². The van der Waals surface area contributed by atoms with E-state index in [0.29, 0.717) is 13.2 Å². The van der Waals surface area contributed by atoms with E-state index in [1.807, 2.05) is 38.1 Å². The number of nitrogens with zero attached hydrogens (tertiary/aromatic N) is 1. The maximum Gasteiger partial charge on any atom is 0.250 e. The first kappa shape index (κ1) is 14.3. The van der Waals surface area contributed by atoms with Gasteiger partial charge in [0.2, 0.25) is 0 Å². The molecule has 4 nitrogen and oxygen atoms in total. The Labute approximate surface area is 118 Å². The lowest BCUT2D eigenvalue weighted by molar-refractivity contribution is 0.294. The number of aryl methyl sites for hydroxylation is 1. The highest BCUT2D eigenvalue weighted by atomic mass is 16.5. The van der Waals surface area contributed by atoms with Crippen LogP contribution in [0.25, 0.3) is 0 Å². The number of benzene rings is 1. The summed E-state index contributed by atoms with van der Waals surface area (Å²) in [7, 11) is 0. The number of ether oxygens (including phenoxy) is 1. The van der Waals surface area contributed by atoms with Gasteiger partial charge in [0.15, 0.2) is 0 Å². The van der Waals surface area contributed by atoms with Crippen LogP contribution in [-0.2, 0) is 6.54 Å². The molecule has 0 spiro atoms. The van der Waals surface area contributed by atoms with Crippen LogP contribution in [0.3, 0.4) is 0 Å². The van der Waals surface area contributed by atoms with Crippen molar-refractivity contribution in [1.82, 2.24) is 4.57 Å². The number of pyridine rings is 1. The van der Waals surface area contributed by atoms with Crippen molar-refractivity contribution in [2.75, 3.05) is 6.61 Å². The normalized spacial score (nSPS) is 12.2. The molecule has 2 aromatic rings. The zero-order chi connectivity index (χ0) is 14.5. The van der Waals surface area contributed by atoms with Crippen molar-refractivity contribution >= 4 is 0 Å². The summed E-state index contributed by atoms with van der Waals surface area (Å²) < 4.78 is 7.36. The monoisotopic (exact) mass is 272 g/mol. The van der Waals surface area contributed by atoms with Crippen molar-refractivity contribution in [2.45, 2.75) is 26.4 Å². The number of nitrogens with two attached hydrogens (primary N) is 1. The molecule has 1 aromatic heterocycles. The Hall–Kier alpha value is -2.07. The highest BCUT2D eigenvalue weighted by Gasteiger charge is 2.04. The lowest BCUT2D eigenvalue weighted by Crippen LogP contribution is -2.21. The molecule has 1 atom stereocenters. The number of aromatic nitrogens is 1. The molecule has 0 fully saturated rings. The molecule has 1 unspecified atom stereocenters. The molecule has 0 saturated carbocycles. The van der Waals surface area contributed by atoms with Gasteiger partial charge in [-0.3, -0.25) is 4.79 Å². The molecule has 0 bridgehead atoms. The zero-order valence-electron chi connectivity index (χ0n) is 11.9. The van der Waals surface area contributed by atoms with Gasteiger partial charge < -0.3 is 15.0 Å². The molecule has 4 heteroatoms. The first-order valence-electron chi connectivity index (χ1n) is 6.72. The fourth-order valence-corrected chi connectivity index (χ4v) is 2.02. The molecule has 1 heterocycles. The van der Waals surface area contributed by atoms with Crippen LogP contribution in [-0.4, -0.2) is 11.2 Å². The van der Waals surface area contributed by atoms with Crippen molar-refractivity contribution in [1.29, 1.82) is 0 Å². The maximum atomic E-state index is 11.5. The molecule has 0 radical (unpaired) electrons. The average molecular weight is 272 g/mol. The van der Waals surface area contributed by atoms with Crippen molar-refractivity contribution in [3.63, 3.8) is 0 Å². The summed E-state index contributed by atoms with van der Waals surface area (Å²) in [6, 6.07) is 11.1. The van der Waals surface area contributed by atoms with Crippen molar-refractivity contribution in [3.05, 3.63) is 64.1 Å². The standard InChI is InChI=1S/C16H20N2O2/c1-12-11-14(13(2)17)6-7-15(12)20-10-9-18-8-4-3-5-16(18)19/h3-8,11,13H,9-10,17H2,1-2H3. The van der Waals surface area contributed by atoms with Gasteiger partial charge in [0.1, 0.15) is 12.4 Å². The number of hydrogen-bond donors (Lipinski definition) is 1. The Kier molecular flexibility index (Phi) is 4.58. The van der Waals surface area contributed by atoms with E-state index in [2.05, 4.69) is 0 Å². The quantitative estimate of drug-likeness (QED) is 0.908. The van der Waals surface area contributed by atoms with E-state index in [1.54, 1.807) is 22.9 Å². The first-order valence-corrected chi connectivity index (χ1v) is 6.72. The maximum absolute atomic E-state index is 11.5. The Morgan fingerprint density at radius 1 is 1.30 bits per heavy atom. The highest BCUT2D eigenvalue weighted by Crippen LogP contribution is 2.21. The van der Waals surface area contributed by atoms with Gasteiger partial charge in [0.05, 0.1) is 6.54 Å². The van der Waals surface area contributed by atoms with Crippen LogP contribution in [0.15, 0.2) is 47.4 Å². The van der Waals surface area contributed by atoms with Gasteiger partial charge >= 0.3 is 0 Å². The average Bonchev–Trinajstić information content (AvgIpc) is 2.42. The number of hydrogen-bond acceptors (Lipinski definition) is 3. The summed E-state index contributed by atoms with van der Waals surface area (Å²) in [6.45, 7) is 4.95. The second-order valence-electron chi connectivity index (χ2n) is 4.89. The van der Waals surface area contributed by atoms with E-state index in [0.717, 1.165) is 16.9 Å². The molecule has 0 saturated heterocycles. The second kappa shape index (κ2) is 6.39. The van der Waals surface area contributed by atoms with Crippen molar-refractivity contribution < 1.29 is 4.74 Å². The van der Waals surface area contributed by atoms with Gasteiger partial charge in [0.25, 0.3) is 5.56 Å². The van der Waals surface area contributed by atoms with Gasteiger partial charge in [-0.05, 0) is 37.1 Å². The number of rotatable bonds is 5. The van der Waals surface area contributed by atoms with Crippen LogP contribution in [0.1, 0.15) is 24.1 Å². The molecule has 0 aliphatic carbocycles. The van der Waals surface area contributed by atoms with Crippen LogP contribution >= 0.6 is 0 Å². The Morgan fingerprint density at radius 3 is 2.75 bits per heavy atom. The van der Waals surface area contributed by atoms with Crippen LogP contribution in [0.4, 0.5) is 0 Å². The predicted octanol–water partition coefficient (Wildman–Crippen LogP) is 2.26. The summed E-state index contributed by atoms with van der Waals surface area (Å²) in [6.07, 6.45) is 1.76. The molecule has 2 N–H and O–H groups in total. The molecular formula is C16H20N2O2. The minimum atomic E-state index is -0.0138. The lowest BCUT2D eigenvalue weighted by atomic mass is 10.1. The molecule has 2 rings (SSSR count). The molecular weight excluding hydrogens is 252 g/mol. The lowest BCUT2D eigenvalue weighted by Gasteiger charge is -2.13. The summed E-state index contributed by atoms with van der Waals surface area (Å²) in [4.78, 5) is 11.5. The van der Waals surface area contributed by atoms with Crippen molar-refractivity contribution in [3.8, 4) is 5.75 Å². The molecule has 0 aliphatic heterocycles. The third-order valence-corrected chi connectivity index (χ3v) is 3.21. The molecule has 1 aromatic carbocycles. The SMILES string of the molecule is Cc1cc(C(C)N)ccc1OCCn1ccccc1=O. The Bertz CT molecular complexity index is 632. The zero-order valence-corrected chi connectivity index (χ0v) is 11.9. The van der Waals surface area contributed by atoms with Gasteiger partial charge in [-0.15, -0.1) is 0 Å². The Balaban J connectivity index is 1.98. The summed E-state index contributed by atoms with van der Waals surface area (Å²) in [5, 5.41) is 0. The van der Waals surface area contributed by atoms with Gasteiger partial charge in [-0.1, -0.05) is 18.2 Å². The van der Waals surface area contributed by atoms with Crippen LogP contribution < -0.4 is 16.0 Å². The van der Waals surface area contributed by atoms with Crippen LogP contribution in [0.5, 0.6) is 5.75 Å². The van der Waals surface area contributed by atoms with E-state index >= 15 is 0 Å². The van der Waals surface area contributed by atoms with E-state index in [9.17, 15) is 4.79 Å². The van der Waals surface area contributed by atoms with Gasteiger partial charge in [-0.2, -0.15) is 0 Å². The van der Waals surface area contributed by atoms with E-state index in [-0.39, 0.29) is 11.6 Å². The molecule has 20 heavy (non-hydrogen) atoms. The summed E-state index contributed by atoms with van der Waals surface area (Å²) in [5.41, 5.74) is 7.98. The second-order valence-corrected chi connectivity index (χ2v) is 4.89. The Morgan fingerprint density at radius 2 is 2.10 bits per heavy atom. The van der Waals surface area contributed by atoms with E-state index in [4.69, 9.17) is 10.5 Å². The highest BCUT2D eigenvalue weighted by molar-refractivity contribution is 5.37. The largest absolute Gasteiger partial charge is 0.491 e. The van der Waals surface area contributed by atoms with E-state index in [1.165, 1.54) is 0 Å². The van der Waals surface area contributed by atoms with E-state index < -0.39 is 0 Å². The molecule has 0 aliphatic rings. The molecule has 106 valence electrons. The third-order valence-electron chi connectivity index (χ3n) is 3.21. The summed E-state index contributed by atoms with van der Waals surface area (Å²) >= 11 is 0. The smallest absolute Gasteiger partial charge is 0.250 e. The fraction of sp³-hybridized carbons (Fsp3) is 0.312. The van der Waals surface area contributed by atoms with Crippen molar-refractivity contribution in [2.24, 2.45) is 5.73 Å². The molecule has 0 amide bonds. The minimum Gasteiger partial charge on any atom is -0.491 e. The predicted molar refractivity (Wildman–Crippen MR) is 80.0 cm³/mol. The first-order chi connectivity index (χ1) is 9.58.